The number of carbonyl (C=O) groups is 1. The Hall–Kier alpha value is -1.35. The predicted octanol–water partition coefficient (Wildman–Crippen LogP) is 2.14. The van der Waals surface area contributed by atoms with Gasteiger partial charge in [-0.3, -0.25) is 4.79 Å². The van der Waals surface area contributed by atoms with Gasteiger partial charge in [-0.1, -0.05) is 30.3 Å². The molecule has 102 valence electrons. The lowest BCUT2D eigenvalue weighted by Gasteiger charge is -2.27. The second-order valence-electron chi connectivity index (χ2n) is 5.73. The van der Waals surface area contributed by atoms with Crippen LogP contribution in [0.5, 0.6) is 0 Å². The molecule has 2 heterocycles. The Kier molecular flexibility index (Phi) is 3.56. The van der Waals surface area contributed by atoms with Crippen molar-refractivity contribution in [1.29, 1.82) is 0 Å². The largest absolute Gasteiger partial charge is 0.338 e. The lowest BCUT2D eigenvalue weighted by Crippen LogP contribution is -2.45. The predicted molar refractivity (Wildman–Crippen MR) is 76.0 cm³/mol. The van der Waals surface area contributed by atoms with E-state index in [1.807, 2.05) is 0 Å². The monoisotopic (exact) mass is 258 g/mol. The van der Waals surface area contributed by atoms with Gasteiger partial charge in [0.15, 0.2) is 0 Å². The number of benzene rings is 1. The molecule has 2 aliphatic rings. The zero-order valence-electron chi connectivity index (χ0n) is 11.5. The summed E-state index contributed by atoms with van der Waals surface area (Å²) in [6.07, 6.45) is 3.21. The quantitative estimate of drug-likeness (QED) is 0.881. The molecule has 3 heteroatoms. The number of carbonyl (C=O) groups excluding carboxylic acids is 1. The van der Waals surface area contributed by atoms with Crippen molar-refractivity contribution >= 4 is 5.91 Å². The number of nitrogens with zero attached hydrogens (tertiary/aromatic N) is 1. The van der Waals surface area contributed by atoms with Gasteiger partial charge in [0, 0.05) is 18.5 Å². The molecule has 1 aromatic rings. The zero-order chi connectivity index (χ0) is 13.2. The summed E-state index contributed by atoms with van der Waals surface area (Å²) in [6, 6.07) is 11.0. The Bertz CT molecular complexity index is 439. The fourth-order valence-corrected chi connectivity index (χ4v) is 3.49. The highest BCUT2D eigenvalue weighted by atomic mass is 16.2. The van der Waals surface area contributed by atoms with Crippen LogP contribution in [0.25, 0.3) is 0 Å². The van der Waals surface area contributed by atoms with Crippen molar-refractivity contribution in [3.8, 4) is 0 Å². The molecule has 0 aromatic heterocycles. The highest BCUT2D eigenvalue weighted by Gasteiger charge is 2.37. The van der Waals surface area contributed by atoms with E-state index in [-0.39, 0.29) is 6.04 Å². The molecule has 1 aromatic carbocycles. The summed E-state index contributed by atoms with van der Waals surface area (Å²) in [5.74, 6) is 0.801. The SMILES string of the molecule is CC1C(c2ccccc2)CCN1C(=O)C1CCCN1. The minimum absolute atomic E-state index is 0.0666. The summed E-state index contributed by atoms with van der Waals surface area (Å²) < 4.78 is 0. The van der Waals surface area contributed by atoms with E-state index >= 15 is 0 Å². The second-order valence-corrected chi connectivity index (χ2v) is 5.73. The Morgan fingerprint density at radius 2 is 2.05 bits per heavy atom. The van der Waals surface area contributed by atoms with Gasteiger partial charge in [-0.05, 0) is 38.3 Å². The van der Waals surface area contributed by atoms with Crippen molar-refractivity contribution < 1.29 is 4.79 Å². The van der Waals surface area contributed by atoms with Crippen LogP contribution in [0.2, 0.25) is 0 Å². The van der Waals surface area contributed by atoms with Crippen LogP contribution in [-0.2, 0) is 4.79 Å². The van der Waals surface area contributed by atoms with Gasteiger partial charge in [-0.25, -0.2) is 0 Å². The van der Waals surface area contributed by atoms with Crippen molar-refractivity contribution in [2.75, 3.05) is 13.1 Å². The second kappa shape index (κ2) is 5.33. The molecule has 2 aliphatic heterocycles. The lowest BCUT2D eigenvalue weighted by molar-refractivity contribution is -0.133. The number of nitrogens with one attached hydrogen (secondary N) is 1. The van der Waals surface area contributed by atoms with Gasteiger partial charge in [0.1, 0.15) is 0 Å². The van der Waals surface area contributed by atoms with E-state index in [2.05, 4.69) is 47.5 Å². The Morgan fingerprint density at radius 1 is 1.26 bits per heavy atom. The van der Waals surface area contributed by atoms with Crippen molar-refractivity contribution in [2.24, 2.45) is 0 Å². The molecule has 0 saturated carbocycles. The summed E-state index contributed by atoms with van der Waals surface area (Å²) in [5.41, 5.74) is 1.37. The van der Waals surface area contributed by atoms with Crippen molar-refractivity contribution in [3.63, 3.8) is 0 Å². The van der Waals surface area contributed by atoms with Crippen LogP contribution in [0.4, 0.5) is 0 Å². The van der Waals surface area contributed by atoms with Crippen LogP contribution < -0.4 is 5.32 Å². The number of amides is 1. The highest BCUT2D eigenvalue weighted by molar-refractivity contribution is 5.83. The van der Waals surface area contributed by atoms with Crippen molar-refractivity contribution in [2.45, 2.75) is 44.2 Å². The summed E-state index contributed by atoms with van der Waals surface area (Å²) >= 11 is 0. The minimum atomic E-state index is 0.0666. The van der Waals surface area contributed by atoms with Crippen LogP contribution >= 0.6 is 0 Å². The topological polar surface area (TPSA) is 32.3 Å². The molecule has 1 N–H and O–H groups in total. The molecule has 0 aliphatic carbocycles. The average molecular weight is 258 g/mol. The zero-order valence-corrected chi connectivity index (χ0v) is 11.5. The van der Waals surface area contributed by atoms with E-state index in [1.54, 1.807) is 0 Å². The molecule has 0 spiro atoms. The van der Waals surface area contributed by atoms with Gasteiger partial charge >= 0.3 is 0 Å². The van der Waals surface area contributed by atoms with E-state index in [4.69, 9.17) is 0 Å². The molecule has 3 atom stereocenters. The van der Waals surface area contributed by atoms with Gasteiger partial charge in [0.05, 0.1) is 6.04 Å². The maximum Gasteiger partial charge on any atom is 0.239 e. The van der Waals surface area contributed by atoms with Gasteiger partial charge in [-0.2, -0.15) is 0 Å². The smallest absolute Gasteiger partial charge is 0.239 e. The molecule has 1 amide bonds. The Morgan fingerprint density at radius 3 is 2.74 bits per heavy atom. The number of hydrogen-bond donors (Lipinski definition) is 1. The van der Waals surface area contributed by atoms with Crippen LogP contribution in [0.3, 0.4) is 0 Å². The number of hydrogen-bond acceptors (Lipinski definition) is 2. The van der Waals surface area contributed by atoms with Crippen LogP contribution in [0, 0.1) is 0 Å². The first-order valence-electron chi connectivity index (χ1n) is 7.36. The number of likely N-dealkylation sites (tertiary alicyclic amines) is 1. The standard InChI is InChI=1S/C16H22N2O/c1-12-14(13-6-3-2-4-7-13)9-11-18(12)16(19)15-8-5-10-17-15/h2-4,6-7,12,14-15,17H,5,8-11H2,1H3. The van der Waals surface area contributed by atoms with Crippen molar-refractivity contribution in [1.82, 2.24) is 10.2 Å². The van der Waals surface area contributed by atoms with Gasteiger partial charge in [0.2, 0.25) is 5.91 Å². The Labute approximate surface area is 115 Å². The summed E-state index contributed by atoms with van der Waals surface area (Å²) in [4.78, 5) is 14.6. The first-order chi connectivity index (χ1) is 9.27. The summed E-state index contributed by atoms with van der Waals surface area (Å²) in [5, 5.41) is 3.32. The van der Waals surface area contributed by atoms with E-state index in [9.17, 15) is 4.79 Å². The molecule has 3 nitrogen and oxygen atoms in total. The maximum atomic E-state index is 12.5. The highest BCUT2D eigenvalue weighted by Crippen LogP contribution is 2.33. The summed E-state index contributed by atoms with van der Waals surface area (Å²) in [7, 11) is 0. The first kappa shape index (κ1) is 12.7. The third kappa shape index (κ3) is 2.39. The van der Waals surface area contributed by atoms with Crippen LogP contribution in [0.1, 0.15) is 37.7 Å². The molecular weight excluding hydrogens is 236 g/mol. The number of rotatable bonds is 2. The molecular formula is C16H22N2O. The maximum absolute atomic E-state index is 12.5. The van der Waals surface area contributed by atoms with E-state index < -0.39 is 0 Å². The summed E-state index contributed by atoms with van der Waals surface area (Å²) in [6.45, 7) is 4.08. The fraction of sp³-hybridized carbons (Fsp3) is 0.562. The van der Waals surface area contributed by atoms with Crippen LogP contribution in [0.15, 0.2) is 30.3 Å². The van der Waals surface area contributed by atoms with Gasteiger partial charge in [-0.15, -0.1) is 0 Å². The van der Waals surface area contributed by atoms with E-state index in [0.717, 1.165) is 32.4 Å². The molecule has 0 radical (unpaired) electrons. The third-order valence-electron chi connectivity index (χ3n) is 4.62. The first-order valence-corrected chi connectivity index (χ1v) is 7.36. The van der Waals surface area contributed by atoms with Crippen LogP contribution in [-0.4, -0.2) is 36.0 Å². The average Bonchev–Trinajstić information content (AvgIpc) is 3.08. The molecule has 3 unspecified atom stereocenters. The minimum Gasteiger partial charge on any atom is -0.338 e. The third-order valence-corrected chi connectivity index (χ3v) is 4.62. The fourth-order valence-electron chi connectivity index (χ4n) is 3.49. The molecule has 19 heavy (non-hydrogen) atoms. The van der Waals surface area contributed by atoms with Crippen molar-refractivity contribution in [3.05, 3.63) is 35.9 Å². The molecule has 0 bridgehead atoms. The lowest BCUT2D eigenvalue weighted by atomic mass is 9.93. The Balaban J connectivity index is 1.71. The van der Waals surface area contributed by atoms with Gasteiger partial charge in [0.25, 0.3) is 0 Å². The normalized spacial score (nSPS) is 30.8. The molecule has 2 fully saturated rings. The van der Waals surface area contributed by atoms with E-state index in [0.29, 0.717) is 17.9 Å². The molecule has 3 rings (SSSR count). The van der Waals surface area contributed by atoms with Gasteiger partial charge < -0.3 is 10.2 Å². The molecule has 2 saturated heterocycles. The van der Waals surface area contributed by atoms with E-state index in [1.165, 1.54) is 5.56 Å².